The maximum Gasteiger partial charge on any atom is 0.323 e. The van der Waals surface area contributed by atoms with Gasteiger partial charge in [0.1, 0.15) is 0 Å². The minimum absolute atomic E-state index is 0.559. The standard InChI is InChI=1S/C11H21N3O2/c1-8-3-2-4-9(7-8)5-6-13-10(15)11(16)14-12/h8-9H,2-7,12H2,1H3,(H,13,15)(H,14,16). The first kappa shape index (κ1) is 13.0. The molecular formula is C11H21N3O2. The third-order valence-electron chi connectivity index (χ3n) is 3.22. The summed E-state index contributed by atoms with van der Waals surface area (Å²) in [5.41, 5.74) is 1.81. The van der Waals surface area contributed by atoms with Crippen molar-refractivity contribution in [3.05, 3.63) is 0 Å². The van der Waals surface area contributed by atoms with E-state index < -0.39 is 11.8 Å². The summed E-state index contributed by atoms with van der Waals surface area (Å²) in [6.07, 6.45) is 6.03. The Balaban J connectivity index is 2.15. The summed E-state index contributed by atoms with van der Waals surface area (Å²) in [7, 11) is 0. The fraction of sp³-hybridized carbons (Fsp3) is 0.818. The van der Waals surface area contributed by atoms with Crippen LogP contribution in [0.3, 0.4) is 0 Å². The zero-order chi connectivity index (χ0) is 12.0. The normalized spacial score (nSPS) is 24.9. The lowest BCUT2D eigenvalue weighted by Gasteiger charge is -2.26. The van der Waals surface area contributed by atoms with Crippen LogP contribution in [0, 0.1) is 11.8 Å². The van der Waals surface area contributed by atoms with Crippen LogP contribution >= 0.6 is 0 Å². The second-order valence-corrected chi connectivity index (χ2v) is 4.66. The summed E-state index contributed by atoms with van der Waals surface area (Å²) in [6, 6.07) is 0. The number of nitrogens with one attached hydrogen (secondary N) is 2. The van der Waals surface area contributed by atoms with Crippen LogP contribution in [-0.2, 0) is 9.59 Å². The van der Waals surface area contributed by atoms with Gasteiger partial charge in [0.15, 0.2) is 0 Å². The minimum atomic E-state index is -0.781. The van der Waals surface area contributed by atoms with E-state index >= 15 is 0 Å². The van der Waals surface area contributed by atoms with Gasteiger partial charge in [0.25, 0.3) is 0 Å². The van der Waals surface area contributed by atoms with Gasteiger partial charge in [-0.25, -0.2) is 5.84 Å². The van der Waals surface area contributed by atoms with Gasteiger partial charge in [-0.2, -0.15) is 0 Å². The minimum Gasteiger partial charge on any atom is -0.348 e. The average molecular weight is 227 g/mol. The highest BCUT2D eigenvalue weighted by atomic mass is 16.2. The first-order chi connectivity index (χ1) is 7.63. The van der Waals surface area contributed by atoms with Crippen LogP contribution in [0.25, 0.3) is 0 Å². The van der Waals surface area contributed by atoms with E-state index in [-0.39, 0.29) is 0 Å². The van der Waals surface area contributed by atoms with Crippen molar-refractivity contribution in [2.24, 2.45) is 17.7 Å². The summed E-state index contributed by atoms with van der Waals surface area (Å²) in [4.78, 5) is 21.9. The zero-order valence-electron chi connectivity index (χ0n) is 9.79. The first-order valence-electron chi connectivity index (χ1n) is 5.92. The van der Waals surface area contributed by atoms with Gasteiger partial charge in [-0.3, -0.25) is 15.0 Å². The summed E-state index contributed by atoms with van der Waals surface area (Å²) >= 11 is 0. The van der Waals surface area contributed by atoms with Crippen LogP contribution < -0.4 is 16.6 Å². The van der Waals surface area contributed by atoms with Crippen LogP contribution in [0.5, 0.6) is 0 Å². The van der Waals surface area contributed by atoms with Gasteiger partial charge in [-0.1, -0.05) is 26.2 Å². The molecule has 5 heteroatoms. The second-order valence-electron chi connectivity index (χ2n) is 4.66. The van der Waals surface area contributed by atoms with E-state index in [9.17, 15) is 9.59 Å². The van der Waals surface area contributed by atoms with Crippen molar-refractivity contribution in [3.8, 4) is 0 Å². The lowest BCUT2D eigenvalue weighted by atomic mass is 9.81. The van der Waals surface area contributed by atoms with Crippen molar-refractivity contribution in [1.82, 2.24) is 10.7 Å². The molecule has 0 spiro atoms. The molecule has 1 fully saturated rings. The summed E-state index contributed by atoms with van der Waals surface area (Å²) in [5.74, 6) is 4.90. The van der Waals surface area contributed by atoms with Crippen molar-refractivity contribution in [1.29, 1.82) is 0 Å². The van der Waals surface area contributed by atoms with Crippen molar-refractivity contribution in [2.45, 2.75) is 39.0 Å². The van der Waals surface area contributed by atoms with Gasteiger partial charge in [0, 0.05) is 6.54 Å². The van der Waals surface area contributed by atoms with Crippen LogP contribution in [0.1, 0.15) is 39.0 Å². The van der Waals surface area contributed by atoms with Gasteiger partial charge < -0.3 is 5.32 Å². The topological polar surface area (TPSA) is 84.2 Å². The molecule has 0 aromatic heterocycles. The molecule has 2 amide bonds. The van der Waals surface area contributed by atoms with Crippen molar-refractivity contribution < 1.29 is 9.59 Å². The molecule has 1 aliphatic rings. The molecule has 0 saturated heterocycles. The van der Waals surface area contributed by atoms with Gasteiger partial charge >= 0.3 is 11.8 Å². The lowest BCUT2D eigenvalue weighted by molar-refractivity contribution is -0.139. The molecule has 92 valence electrons. The number of rotatable bonds is 3. The Morgan fingerprint density at radius 1 is 1.31 bits per heavy atom. The third-order valence-corrected chi connectivity index (χ3v) is 3.22. The van der Waals surface area contributed by atoms with E-state index in [1.54, 1.807) is 0 Å². The first-order valence-corrected chi connectivity index (χ1v) is 5.92. The highest BCUT2D eigenvalue weighted by Crippen LogP contribution is 2.30. The molecule has 16 heavy (non-hydrogen) atoms. The number of hydrogen-bond donors (Lipinski definition) is 3. The number of amides is 2. The van der Waals surface area contributed by atoms with E-state index in [0.29, 0.717) is 12.5 Å². The molecule has 0 radical (unpaired) electrons. The molecule has 1 rings (SSSR count). The van der Waals surface area contributed by atoms with E-state index in [0.717, 1.165) is 12.3 Å². The Hall–Kier alpha value is -1.10. The Morgan fingerprint density at radius 3 is 2.69 bits per heavy atom. The maximum absolute atomic E-state index is 11.1. The molecule has 2 atom stereocenters. The summed E-state index contributed by atoms with van der Waals surface area (Å²) in [5, 5.41) is 2.56. The van der Waals surface area contributed by atoms with E-state index in [4.69, 9.17) is 5.84 Å². The SMILES string of the molecule is CC1CCCC(CCNC(=O)C(=O)NN)C1. The van der Waals surface area contributed by atoms with Gasteiger partial charge in [0.2, 0.25) is 0 Å². The van der Waals surface area contributed by atoms with Crippen molar-refractivity contribution >= 4 is 11.8 Å². The Bertz CT molecular complexity index is 256. The Kier molecular flexibility index (Phi) is 5.25. The Morgan fingerprint density at radius 2 is 2.06 bits per heavy atom. The predicted molar refractivity (Wildman–Crippen MR) is 61.1 cm³/mol. The second kappa shape index (κ2) is 6.48. The number of carbonyl (C=O) groups is 2. The number of hydrazine groups is 1. The summed E-state index contributed by atoms with van der Waals surface area (Å²) in [6.45, 7) is 2.83. The molecule has 0 aromatic rings. The largest absolute Gasteiger partial charge is 0.348 e. The smallest absolute Gasteiger partial charge is 0.323 e. The molecule has 0 aliphatic heterocycles. The molecule has 5 nitrogen and oxygen atoms in total. The van der Waals surface area contributed by atoms with Crippen molar-refractivity contribution in [2.75, 3.05) is 6.54 Å². The molecule has 0 aromatic carbocycles. The van der Waals surface area contributed by atoms with Gasteiger partial charge in [0.05, 0.1) is 0 Å². The predicted octanol–water partition coefficient (Wildman–Crippen LogP) is 0.309. The maximum atomic E-state index is 11.1. The zero-order valence-corrected chi connectivity index (χ0v) is 9.79. The molecular weight excluding hydrogens is 206 g/mol. The molecule has 1 saturated carbocycles. The van der Waals surface area contributed by atoms with Crippen LogP contribution in [0.2, 0.25) is 0 Å². The molecule has 2 unspecified atom stereocenters. The highest BCUT2D eigenvalue weighted by Gasteiger charge is 2.19. The van der Waals surface area contributed by atoms with Crippen LogP contribution in [-0.4, -0.2) is 18.4 Å². The van der Waals surface area contributed by atoms with E-state index in [1.807, 2.05) is 5.43 Å². The number of carbonyl (C=O) groups excluding carboxylic acids is 2. The number of hydrogen-bond acceptors (Lipinski definition) is 3. The fourth-order valence-electron chi connectivity index (χ4n) is 2.36. The third kappa shape index (κ3) is 4.18. The monoisotopic (exact) mass is 227 g/mol. The van der Waals surface area contributed by atoms with Crippen molar-refractivity contribution in [3.63, 3.8) is 0 Å². The van der Waals surface area contributed by atoms with Gasteiger partial charge in [-0.15, -0.1) is 0 Å². The average Bonchev–Trinajstić information content (AvgIpc) is 2.28. The van der Waals surface area contributed by atoms with Crippen LogP contribution in [0.15, 0.2) is 0 Å². The lowest BCUT2D eigenvalue weighted by Crippen LogP contribution is -2.43. The van der Waals surface area contributed by atoms with Gasteiger partial charge in [-0.05, 0) is 24.7 Å². The van der Waals surface area contributed by atoms with E-state index in [2.05, 4.69) is 12.2 Å². The molecule has 4 N–H and O–H groups in total. The molecule has 1 aliphatic carbocycles. The van der Waals surface area contributed by atoms with Crippen LogP contribution in [0.4, 0.5) is 0 Å². The molecule has 0 bridgehead atoms. The quantitative estimate of drug-likeness (QED) is 0.281. The fourth-order valence-corrected chi connectivity index (χ4v) is 2.36. The highest BCUT2D eigenvalue weighted by molar-refractivity contribution is 6.34. The molecule has 0 heterocycles. The Labute approximate surface area is 96.1 Å². The number of nitrogens with two attached hydrogens (primary N) is 1. The van der Waals surface area contributed by atoms with E-state index in [1.165, 1.54) is 25.7 Å². The summed E-state index contributed by atoms with van der Waals surface area (Å²) < 4.78 is 0.